The van der Waals surface area contributed by atoms with Gasteiger partial charge in [0.1, 0.15) is 17.4 Å². The summed E-state index contributed by atoms with van der Waals surface area (Å²) in [6, 6.07) is 10.4. The van der Waals surface area contributed by atoms with Gasteiger partial charge in [-0.25, -0.2) is 22.9 Å². The van der Waals surface area contributed by atoms with Crippen LogP contribution in [0.2, 0.25) is 0 Å². The maximum absolute atomic E-state index is 14.6. The van der Waals surface area contributed by atoms with E-state index in [0.717, 1.165) is 17.0 Å². The third kappa shape index (κ3) is 3.89. The molecule has 0 spiro atoms. The van der Waals surface area contributed by atoms with E-state index in [2.05, 4.69) is 4.98 Å². The van der Waals surface area contributed by atoms with Gasteiger partial charge in [-0.3, -0.25) is 4.90 Å². The van der Waals surface area contributed by atoms with Crippen LogP contribution in [-0.4, -0.2) is 32.3 Å². The molecule has 0 N–H and O–H groups in total. The Kier molecular flexibility index (Phi) is 6.04. The van der Waals surface area contributed by atoms with E-state index in [9.17, 15) is 13.6 Å². The first kappa shape index (κ1) is 21.7. The summed E-state index contributed by atoms with van der Waals surface area (Å²) >= 11 is 1.18. The Morgan fingerprint density at radius 2 is 1.72 bits per heavy atom. The van der Waals surface area contributed by atoms with Crippen molar-refractivity contribution in [3.05, 3.63) is 65.9 Å². The minimum atomic E-state index is -0.801. The lowest BCUT2D eigenvalue weighted by atomic mass is 10.1. The van der Waals surface area contributed by atoms with Crippen LogP contribution in [0.15, 0.2) is 53.6 Å². The van der Waals surface area contributed by atoms with Crippen LogP contribution < -0.4 is 23.4 Å². The van der Waals surface area contributed by atoms with Crippen LogP contribution in [0.4, 0.5) is 25.0 Å². The highest BCUT2D eigenvalue weighted by molar-refractivity contribution is 8.01. The summed E-state index contributed by atoms with van der Waals surface area (Å²) in [5, 5.41) is 0. The second-order valence-corrected chi connectivity index (χ2v) is 7.68. The van der Waals surface area contributed by atoms with E-state index in [1.165, 1.54) is 48.7 Å². The number of benzene rings is 2. The lowest BCUT2D eigenvalue weighted by molar-refractivity contribution is 0.254. The van der Waals surface area contributed by atoms with Crippen LogP contribution >= 0.6 is 11.9 Å². The van der Waals surface area contributed by atoms with E-state index >= 15 is 0 Å². The molecule has 0 bridgehead atoms. The summed E-state index contributed by atoms with van der Waals surface area (Å²) in [4.78, 5) is 19.7. The number of ether oxygens (including phenoxy) is 3. The van der Waals surface area contributed by atoms with Gasteiger partial charge in [-0.2, -0.15) is 0 Å². The Balaban J connectivity index is 1.76. The average molecular weight is 459 g/mol. The topological polar surface area (TPSA) is 64.1 Å². The normalized spacial score (nSPS) is 13.1. The second-order valence-electron chi connectivity index (χ2n) is 6.70. The highest BCUT2D eigenvalue weighted by atomic mass is 32.2. The fourth-order valence-corrected chi connectivity index (χ4v) is 4.25. The van der Waals surface area contributed by atoms with Crippen LogP contribution in [0.5, 0.6) is 17.4 Å². The molecule has 7 nitrogen and oxygen atoms in total. The fourth-order valence-electron chi connectivity index (χ4n) is 3.26. The monoisotopic (exact) mass is 459 g/mol. The number of carbonyl (C=O) groups is 1. The smallest absolute Gasteiger partial charge is 0.339 e. The predicted octanol–water partition coefficient (Wildman–Crippen LogP) is 5.04. The van der Waals surface area contributed by atoms with Crippen molar-refractivity contribution in [3.8, 4) is 17.4 Å². The Morgan fingerprint density at radius 1 is 1.00 bits per heavy atom. The van der Waals surface area contributed by atoms with Gasteiger partial charge >= 0.3 is 6.03 Å². The molecule has 0 fully saturated rings. The van der Waals surface area contributed by atoms with Gasteiger partial charge in [0.2, 0.25) is 0 Å². The largest absolute Gasteiger partial charge is 0.497 e. The van der Waals surface area contributed by atoms with Gasteiger partial charge in [0, 0.05) is 23.8 Å². The SMILES string of the molecule is COc1cc(F)c(CN2C(=O)N(c3cnc(OC)c(OC)c3)Sc3ccccc32)c(F)c1. The molecule has 0 atom stereocenters. The molecule has 4 rings (SSSR count). The molecule has 166 valence electrons. The van der Waals surface area contributed by atoms with Gasteiger partial charge < -0.3 is 14.2 Å². The maximum Gasteiger partial charge on any atom is 0.339 e. The summed E-state index contributed by atoms with van der Waals surface area (Å²) in [7, 11) is 4.25. The number of para-hydroxylation sites is 1. The van der Waals surface area contributed by atoms with Gasteiger partial charge in [-0.15, -0.1) is 0 Å². The molecule has 0 aliphatic carbocycles. The quantitative estimate of drug-likeness (QED) is 0.482. The number of methoxy groups -OCH3 is 3. The van der Waals surface area contributed by atoms with Crippen molar-refractivity contribution < 1.29 is 27.8 Å². The van der Waals surface area contributed by atoms with E-state index in [1.807, 2.05) is 12.1 Å². The molecule has 2 aromatic carbocycles. The van der Waals surface area contributed by atoms with Crippen LogP contribution in [0, 0.1) is 11.6 Å². The Labute approximate surface area is 187 Å². The highest BCUT2D eigenvalue weighted by Gasteiger charge is 2.34. The minimum Gasteiger partial charge on any atom is -0.497 e. The van der Waals surface area contributed by atoms with E-state index in [-0.39, 0.29) is 23.7 Å². The second kappa shape index (κ2) is 8.91. The van der Waals surface area contributed by atoms with Gasteiger partial charge in [-0.05, 0) is 24.1 Å². The van der Waals surface area contributed by atoms with E-state index in [0.29, 0.717) is 17.1 Å². The van der Waals surface area contributed by atoms with Crippen molar-refractivity contribution in [1.82, 2.24) is 4.98 Å². The lowest BCUT2D eigenvalue weighted by Gasteiger charge is -2.36. The summed E-state index contributed by atoms with van der Waals surface area (Å²) in [6.07, 6.45) is 1.47. The highest BCUT2D eigenvalue weighted by Crippen LogP contribution is 2.43. The molecule has 1 aliphatic heterocycles. The standard InChI is InChI=1S/C22H19F2N3O4S/c1-29-14-9-16(23)15(17(24)10-14)12-26-18-6-4-5-7-20(18)32-27(22(26)28)13-8-19(30-2)21(31-3)25-11-13/h4-11H,12H2,1-3H3. The van der Waals surface area contributed by atoms with Gasteiger partial charge in [0.15, 0.2) is 5.75 Å². The number of amides is 2. The van der Waals surface area contributed by atoms with Gasteiger partial charge in [0.05, 0.1) is 50.3 Å². The molecule has 32 heavy (non-hydrogen) atoms. The number of halogens is 2. The molecule has 1 aliphatic rings. The number of rotatable bonds is 6. The average Bonchev–Trinajstić information content (AvgIpc) is 2.81. The van der Waals surface area contributed by atoms with Gasteiger partial charge in [0.25, 0.3) is 5.88 Å². The zero-order valence-corrected chi connectivity index (χ0v) is 18.3. The maximum atomic E-state index is 14.6. The molecule has 0 unspecified atom stereocenters. The fraction of sp³-hybridized carbons (Fsp3) is 0.182. The first-order valence-corrected chi connectivity index (χ1v) is 10.2. The first-order valence-electron chi connectivity index (χ1n) is 9.45. The van der Waals surface area contributed by atoms with E-state index < -0.39 is 17.7 Å². The molecular weight excluding hydrogens is 440 g/mol. The summed E-state index contributed by atoms with van der Waals surface area (Å²) in [5.41, 5.74) is 0.723. The Morgan fingerprint density at radius 3 is 2.38 bits per heavy atom. The summed E-state index contributed by atoms with van der Waals surface area (Å²) < 4.78 is 46.0. The number of urea groups is 1. The Bertz CT molecular complexity index is 1150. The molecule has 2 amide bonds. The van der Waals surface area contributed by atoms with Crippen molar-refractivity contribution in [2.75, 3.05) is 30.5 Å². The molecule has 0 saturated heterocycles. The molecular formula is C22H19F2N3O4S. The van der Waals surface area contributed by atoms with Crippen LogP contribution in [0.25, 0.3) is 0 Å². The number of hydrogen-bond donors (Lipinski definition) is 0. The van der Waals surface area contributed by atoms with Crippen molar-refractivity contribution >= 4 is 29.4 Å². The molecule has 0 saturated carbocycles. The number of pyridine rings is 1. The summed E-state index contributed by atoms with van der Waals surface area (Å²) in [5.74, 6) is -0.932. The summed E-state index contributed by atoms with van der Waals surface area (Å²) in [6.45, 7) is -0.310. The number of anilines is 2. The number of nitrogens with zero attached hydrogens (tertiary/aromatic N) is 3. The molecule has 1 aromatic heterocycles. The number of hydrogen-bond acceptors (Lipinski definition) is 6. The molecule has 3 aromatic rings. The zero-order valence-electron chi connectivity index (χ0n) is 17.5. The van der Waals surface area contributed by atoms with E-state index in [1.54, 1.807) is 18.2 Å². The van der Waals surface area contributed by atoms with Crippen LogP contribution in [-0.2, 0) is 6.54 Å². The number of fused-ring (bicyclic) bond motifs is 1. The van der Waals surface area contributed by atoms with Gasteiger partial charge in [-0.1, -0.05) is 12.1 Å². The Hall–Kier alpha value is -3.53. The minimum absolute atomic E-state index is 0.0581. The van der Waals surface area contributed by atoms with Crippen LogP contribution in [0.1, 0.15) is 5.56 Å². The predicted molar refractivity (Wildman–Crippen MR) is 117 cm³/mol. The van der Waals surface area contributed by atoms with E-state index in [4.69, 9.17) is 14.2 Å². The number of aromatic nitrogens is 1. The van der Waals surface area contributed by atoms with Crippen molar-refractivity contribution in [2.45, 2.75) is 11.4 Å². The molecule has 10 heteroatoms. The molecule has 0 radical (unpaired) electrons. The van der Waals surface area contributed by atoms with Crippen molar-refractivity contribution in [2.24, 2.45) is 0 Å². The lowest BCUT2D eigenvalue weighted by Crippen LogP contribution is -2.43. The van der Waals surface area contributed by atoms with Crippen LogP contribution in [0.3, 0.4) is 0 Å². The third-order valence-corrected chi connectivity index (χ3v) is 5.96. The zero-order chi connectivity index (χ0) is 22.8. The molecule has 2 heterocycles. The number of carbonyl (C=O) groups excluding carboxylic acids is 1. The van der Waals surface area contributed by atoms with Crippen molar-refractivity contribution in [1.29, 1.82) is 0 Å². The third-order valence-electron chi connectivity index (χ3n) is 4.87. The first-order chi connectivity index (χ1) is 15.5. The van der Waals surface area contributed by atoms with Crippen molar-refractivity contribution in [3.63, 3.8) is 0 Å².